The summed E-state index contributed by atoms with van der Waals surface area (Å²) in [6, 6.07) is 9.71. The van der Waals surface area contributed by atoms with Crippen LogP contribution < -0.4 is 10.5 Å². The van der Waals surface area contributed by atoms with E-state index in [0.717, 1.165) is 11.1 Å². The number of nitrogens with two attached hydrogens (primary N) is 1. The van der Waals surface area contributed by atoms with Crippen LogP contribution in [0, 0.1) is 12.7 Å². The van der Waals surface area contributed by atoms with E-state index in [1.165, 1.54) is 12.1 Å². The molecule has 102 valence electrons. The van der Waals surface area contributed by atoms with Gasteiger partial charge >= 0.3 is 0 Å². The molecule has 20 heavy (non-hydrogen) atoms. The first kappa shape index (κ1) is 12.6. The fourth-order valence-corrected chi connectivity index (χ4v) is 2.04. The quantitative estimate of drug-likeness (QED) is 0.792. The summed E-state index contributed by atoms with van der Waals surface area (Å²) >= 11 is 0. The molecule has 0 spiro atoms. The molecule has 0 aliphatic heterocycles. The number of aryl methyl sites for hydroxylation is 1. The van der Waals surface area contributed by atoms with Gasteiger partial charge < -0.3 is 15.0 Å². The number of ether oxygens (including phenoxy) is 1. The summed E-state index contributed by atoms with van der Waals surface area (Å²) in [4.78, 5) is 0. The van der Waals surface area contributed by atoms with Gasteiger partial charge in [-0.05, 0) is 37.3 Å². The molecule has 4 nitrogen and oxygen atoms in total. The lowest BCUT2D eigenvalue weighted by atomic mass is 10.2. The molecule has 0 aliphatic carbocycles. The normalized spacial score (nSPS) is 10.9. The number of hydrogen-bond acceptors (Lipinski definition) is 4. The van der Waals surface area contributed by atoms with Crippen LogP contribution in [0.3, 0.4) is 0 Å². The summed E-state index contributed by atoms with van der Waals surface area (Å²) in [5.74, 6) is 0.790. The molecular formula is C15H13FN2O2. The Hall–Kier alpha value is -2.40. The molecule has 3 rings (SSSR count). The first-order chi connectivity index (χ1) is 9.67. The van der Waals surface area contributed by atoms with Gasteiger partial charge in [0.25, 0.3) is 0 Å². The van der Waals surface area contributed by atoms with Gasteiger partial charge in [0.05, 0.1) is 5.69 Å². The molecule has 1 aromatic heterocycles. The average molecular weight is 272 g/mol. The SMILES string of the molecule is Cc1noc2cc(Oc3ccc(F)cc3CN)ccc12. The molecule has 0 radical (unpaired) electrons. The smallest absolute Gasteiger partial charge is 0.170 e. The van der Waals surface area contributed by atoms with Crippen molar-refractivity contribution in [2.24, 2.45) is 5.73 Å². The summed E-state index contributed by atoms with van der Waals surface area (Å²) in [6.45, 7) is 2.08. The number of aromatic nitrogens is 1. The van der Waals surface area contributed by atoms with Gasteiger partial charge in [0, 0.05) is 23.6 Å². The second-order valence-electron chi connectivity index (χ2n) is 4.48. The van der Waals surface area contributed by atoms with Crippen LogP contribution >= 0.6 is 0 Å². The minimum absolute atomic E-state index is 0.205. The maximum absolute atomic E-state index is 13.1. The van der Waals surface area contributed by atoms with Crippen LogP contribution in [0.25, 0.3) is 11.0 Å². The summed E-state index contributed by atoms with van der Waals surface area (Å²) in [6.07, 6.45) is 0. The minimum Gasteiger partial charge on any atom is -0.457 e. The molecular weight excluding hydrogens is 259 g/mol. The number of rotatable bonds is 3. The van der Waals surface area contributed by atoms with Crippen LogP contribution in [0.4, 0.5) is 4.39 Å². The van der Waals surface area contributed by atoms with Crippen LogP contribution in [0.5, 0.6) is 11.5 Å². The van der Waals surface area contributed by atoms with Crippen molar-refractivity contribution in [1.29, 1.82) is 0 Å². The maximum Gasteiger partial charge on any atom is 0.170 e. The highest BCUT2D eigenvalue weighted by molar-refractivity contribution is 5.80. The van der Waals surface area contributed by atoms with Gasteiger partial charge in [-0.2, -0.15) is 0 Å². The van der Waals surface area contributed by atoms with Crippen molar-refractivity contribution in [3.8, 4) is 11.5 Å². The zero-order chi connectivity index (χ0) is 14.1. The summed E-state index contributed by atoms with van der Waals surface area (Å²) in [5.41, 5.74) is 7.68. The zero-order valence-corrected chi connectivity index (χ0v) is 10.9. The Kier molecular flexibility index (Phi) is 3.12. The zero-order valence-electron chi connectivity index (χ0n) is 10.9. The molecule has 0 unspecified atom stereocenters. The lowest BCUT2D eigenvalue weighted by molar-refractivity contribution is 0.445. The lowest BCUT2D eigenvalue weighted by Crippen LogP contribution is -2.00. The predicted octanol–water partition coefficient (Wildman–Crippen LogP) is 3.53. The van der Waals surface area contributed by atoms with Crippen molar-refractivity contribution in [3.63, 3.8) is 0 Å². The van der Waals surface area contributed by atoms with Gasteiger partial charge in [-0.25, -0.2) is 4.39 Å². The maximum atomic E-state index is 13.1. The van der Waals surface area contributed by atoms with Gasteiger partial charge in [-0.1, -0.05) is 5.16 Å². The van der Waals surface area contributed by atoms with Crippen LogP contribution in [0.2, 0.25) is 0 Å². The topological polar surface area (TPSA) is 61.3 Å². The third kappa shape index (κ3) is 2.23. The second-order valence-corrected chi connectivity index (χ2v) is 4.48. The van der Waals surface area contributed by atoms with E-state index in [-0.39, 0.29) is 12.4 Å². The highest BCUT2D eigenvalue weighted by Gasteiger charge is 2.09. The fraction of sp³-hybridized carbons (Fsp3) is 0.133. The van der Waals surface area contributed by atoms with Crippen LogP contribution in [0.15, 0.2) is 40.9 Å². The molecule has 0 aliphatic rings. The van der Waals surface area contributed by atoms with Gasteiger partial charge in [0.15, 0.2) is 5.58 Å². The van der Waals surface area contributed by atoms with Crippen molar-refractivity contribution < 1.29 is 13.7 Å². The molecule has 3 aromatic rings. The van der Waals surface area contributed by atoms with Crippen molar-refractivity contribution in [3.05, 3.63) is 53.5 Å². The Balaban J connectivity index is 1.96. The Bertz CT molecular complexity index is 768. The van der Waals surface area contributed by atoms with E-state index < -0.39 is 0 Å². The Morgan fingerprint density at radius 2 is 2.10 bits per heavy atom. The fourth-order valence-electron chi connectivity index (χ4n) is 2.04. The standard InChI is InChI=1S/C15H13FN2O2/c1-9-13-4-3-12(7-15(13)20-18-9)19-14-5-2-11(16)6-10(14)8-17/h2-7H,8,17H2,1H3. The highest BCUT2D eigenvalue weighted by atomic mass is 19.1. The minimum atomic E-state index is -0.334. The van der Waals surface area contributed by atoms with Crippen molar-refractivity contribution in [2.45, 2.75) is 13.5 Å². The summed E-state index contributed by atoms with van der Waals surface area (Å²) in [7, 11) is 0. The van der Waals surface area contributed by atoms with E-state index >= 15 is 0 Å². The van der Waals surface area contributed by atoms with E-state index in [1.54, 1.807) is 12.1 Å². The molecule has 0 saturated carbocycles. The van der Waals surface area contributed by atoms with Crippen LogP contribution in [-0.2, 0) is 6.54 Å². The monoisotopic (exact) mass is 272 g/mol. The lowest BCUT2D eigenvalue weighted by Gasteiger charge is -2.09. The average Bonchev–Trinajstić information content (AvgIpc) is 2.82. The molecule has 5 heteroatoms. The van der Waals surface area contributed by atoms with Crippen molar-refractivity contribution in [1.82, 2.24) is 5.16 Å². The van der Waals surface area contributed by atoms with Gasteiger partial charge in [-0.3, -0.25) is 0 Å². The van der Waals surface area contributed by atoms with Crippen LogP contribution in [0.1, 0.15) is 11.3 Å². The summed E-state index contributed by atoms with van der Waals surface area (Å²) in [5, 5.41) is 4.83. The van der Waals surface area contributed by atoms with Crippen LogP contribution in [-0.4, -0.2) is 5.16 Å². The Labute approximate surface area is 114 Å². The number of fused-ring (bicyclic) bond motifs is 1. The molecule has 2 N–H and O–H groups in total. The molecule has 2 aromatic carbocycles. The van der Waals surface area contributed by atoms with Gasteiger partial charge in [0.1, 0.15) is 17.3 Å². The molecule has 1 heterocycles. The van der Waals surface area contributed by atoms with Gasteiger partial charge in [-0.15, -0.1) is 0 Å². The Morgan fingerprint density at radius 3 is 2.90 bits per heavy atom. The number of benzene rings is 2. The summed E-state index contributed by atoms with van der Waals surface area (Å²) < 4.78 is 24.1. The predicted molar refractivity (Wildman–Crippen MR) is 73.1 cm³/mol. The van der Waals surface area contributed by atoms with E-state index in [9.17, 15) is 4.39 Å². The molecule has 0 amide bonds. The van der Waals surface area contributed by atoms with E-state index in [2.05, 4.69) is 5.16 Å². The first-order valence-corrected chi connectivity index (χ1v) is 6.20. The molecule has 0 fully saturated rings. The van der Waals surface area contributed by atoms with Crippen molar-refractivity contribution >= 4 is 11.0 Å². The molecule has 0 atom stereocenters. The van der Waals surface area contributed by atoms with Gasteiger partial charge in [0.2, 0.25) is 0 Å². The Morgan fingerprint density at radius 1 is 1.25 bits per heavy atom. The molecule has 0 saturated heterocycles. The number of halogens is 1. The highest BCUT2D eigenvalue weighted by Crippen LogP contribution is 2.29. The van der Waals surface area contributed by atoms with E-state index in [0.29, 0.717) is 22.6 Å². The number of nitrogens with zero attached hydrogens (tertiary/aromatic N) is 1. The van der Waals surface area contributed by atoms with Crippen molar-refractivity contribution in [2.75, 3.05) is 0 Å². The van der Waals surface area contributed by atoms with E-state index in [4.69, 9.17) is 15.0 Å². The largest absolute Gasteiger partial charge is 0.457 e. The third-order valence-electron chi connectivity index (χ3n) is 3.09. The second kappa shape index (κ2) is 4.94. The van der Waals surface area contributed by atoms with E-state index in [1.807, 2.05) is 19.1 Å². The number of hydrogen-bond donors (Lipinski definition) is 1. The first-order valence-electron chi connectivity index (χ1n) is 6.20. The molecule has 0 bridgehead atoms. The third-order valence-corrected chi connectivity index (χ3v) is 3.09.